The zero-order chi connectivity index (χ0) is 13.4. The summed E-state index contributed by atoms with van der Waals surface area (Å²) in [7, 11) is 0. The van der Waals surface area contributed by atoms with Gasteiger partial charge in [0.2, 0.25) is 5.91 Å². The summed E-state index contributed by atoms with van der Waals surface area (Å²) in [6.07, 6.45) is 2.33. The van der Waals surface area contributed by atoms with Gasteiger partial charge in [-0.25, -0.2) is 8.78 Å². The minimum atomic E-state index is -0.945. The number of nitrogens with one attached hydrogen (secondary N) is 1. The van der Waals surface area contributed by atoms with Gasteiger partial charge in [0.05, 0.1) is 6.54 Å². The van der Waals surface area contributed by atoms with Crippen molar-refractivity contribution in [2.24, 2.45) is 0 Å². The molecule has 0 atom stereocenters. The molecule has 0 bridgehead atoms. The van der Waals surface area contributed by atoms with Gasteiger partial charge in [-0.05, 0) is 18.6 Å². The first-order valence-corrected chi connectivity index (χ1v) is 5.98. The first-order valence-electron chi connectivity index (χ1n) is 5.98. The number of carbonyl (C=O) groups is 1. The molecule has 100 valence electrons. The summed E-state index contributed by atoms with van der Waals surface area (Å²) in [5.74, 6) is -1.63. The number of hydrogen-bond donors (Lipinski definition) is 1. The molecule has 1 N–H and O–H groups in total. The SMILES string of the molecule is CCCCC(=O)NCCOc1ccc(F)c(F)c1. The van der Waals surface area contributed by atoms with E-state index in [0.717, 1.165) is 25.0 Å². The first-order chi connectivity index (χ1) is 8.63. The summed E-state index contributed by atoms with van der Waals surface area (Å²) in [6, 6.07) is 3.33. The summed E-state index contributed by atoms with van der Waals surface area (Å²) in [4.78, 5) is 11.2. The van der Waals surface area contributed by atoms with Crippen molar-refractivity contribution in [3.63, 3.8) is 0 Å². The van der Waals surface area contributed by atoms with Gasteiger partial charge >= 0.3 is 0 Å². The number of halogens is 2. The summed E-state index contributed by atoms with van der Waals surface area (Å²) in [5.41, 5.74) is 0. The Morgan fingerprint density at radius 1 is 1.33 bits per heavy atom. The van der Waals surface area contributed by atoms with Crippen LogP contribution < -0.4 is 10.1 Å². The Labute approximate surface area is 105 Å². The highest BCUT2D eigenvalue weighted by Crippen LogP contribution is 2.14. The van der Waals surface area contributed by atoms with E-state index in [1.54, 1.807) is 0 Å². The largest absolute Gasteiger partial charge is 0.492 e. The number of amides is 1. The third-order valence-corrected chi connectivity index (χ3v) is 2.34. The molecule has 0 radical (unpaired) electrons. The Morgan fingerprint density at radius 2 is 2.11 bits per heavy atom. The van der Waals surface area contributed by atoms with Crippen LogP contribution in [0.15, 0.2) is 18.2 Å². The average Bonchev–Trinajstić information content (AvgIpc) is 2.36. The van der Waals surface area contributed by atoms with Crippen LogP contribution in [-0.4, -0.2) is 19.1 Å². The van der Waals surface area contributed by atoms with Crippen molar-refractivity contribution in [3.8, 4) is 5.75 Å². The van der Waals surface area contributed by atoms with Crippen LogP contribution in [0.1, 0.15) is 26.2 Å². The van der Waals surface area contributed by atoms with Crippen LogP contribution in [0.4, 0.5) is 8.78 Å². The Hall–Kier alpha value is -1.65. The van der Waals surface area contributed by atoms with E-state index in [1.807, 2.05) is 6.92 Å². The highest BCUT2D eigenvalue weighted by Gasteiger charge is 2.03. The second-order valence-electron chi connectivity index (χ2n) is 3.88. The molecule has 1 aromatic rings. The van der Waals surface area contributed by atoms with Crippen molar-refractivity contribution in [2.45, 2.75) is 26.2 Å². The highest BCUT2D eigenvalue weighted by molar-refractivity contribution is 5.75. The standard InChI is InChI=1S/C13H17F2NO2/c1-2-3-4-13(17)16-7-8-18-10-5-6-11(14)12(15)9-10/h5-6,9H,2-4,7-8H2,1H3,(H,16,17). The van der Waals surface area contributed by atoms with Crippen LogP contribution in [0.5, 0.6) is 5.75 Å². The van der Waals surface area contributed by atoms with Crippen molar-refractivity contribution in [1.82, 2.24) is 5.32 Å². The molecule has 0 aliphatic carbocycles. The van der Waals surface area contributed by atoms with E-state index in [2.05, 4.69) is 5.32 Å². The van der Waals surface area contributed by atoms with E-state index in [9.17, 15) is 13.6 Å². The quantitative estimate of drug-likeness (QED) is 0.763. The van der Waals surface area contributed by atoms with E-state index in [-0.39, 0.29) is 18.3 Å². The molecule has 18 heavy (non-hydrogen) atoms. The van der Waals surface area contributed by atoms with Crippen LogP contribution in [-0.2, 0) is 4.79 Å². The molecular weight excluding hydrogens is 240 g/mol. The summed E-state index contributed by atoms with van der Waals surface area (Å²) < 4.78 is 30.6. The summed E-state index contributed by atoms with van der Waals surface area (Å²) in [5, 5.41) is 2.68. The number of benzene rings is 1. The molecule has 1 aromatic carbocycles. The molecule has 0 aliphatic heterocycles. The minimum Gasteiger partial charge on any atom is -0.492 e. The van der Waals surface area contributed by atoms with E-state index < -0.39 is 11.6 Å². The van der Waals surface area contributed by atoms with Gasteiger partial charge in [0.15, 0.2) is 11.6 Å². The van der Waals surface area contributed by atoms with Gasteiger partial charge in [0, 0.05) is 12.5 Å². The van der Waals surface area contributed by atoms with Gasteiger partial charge in [0.1, 0.15) is 12.4 Å². The van der Waals surface area contributed by atoms with Crippen LogP contribution in [0.2, 0.25) is 0 Å². The molecule has 1 amide bonds. The first kappa shape index (κ1) is 14.4. The zero-order valence-electron chi connectivity index (χ0n) is 10.3. The van der Waals surface area contributed by atoms with Gasteiger partial charge in [-0.2, -0.15) is 0 Å². The third kappa shape index (κ3) is 5.12. The number of unbranched alkanes of at least 4 members (excludes halogenated alkanes) is 1. The van der Waals surface area contributed by atoms with Crippen LogP contribution in [0.3, 0.4) is 0 Å². The number of ether oxygens (including phenoxy) is 1. The molecule has 0 aliphatic rings. The molecule has 0 saturated carbocycles. The molecule has 0 unspecified atom stereocenters. The molecular formula is C13H17F2NO2. The topological polar surface area (TPSA) is 38.3 Å². The molecule has 0 saturated heterocycles. The second-order valence-corrected chi connectivity index (χ2v) is 3.88. The van der Waals surface area contributed by atoms with Gasteiger partial charge < -0.3 is 10.1 Å². The van der Waals surface area contributed by atoms with Crippen molar-refractivity contribution in [2.75, 3.05) is 13.2 Å². The zero-order valence-corrected chi connectivity index (χ0v) is 10.3. The minimum absolute atomic E-state index is 0.0225. The summed E-state index contributed by atoms with van der Waals surface area (Å²) >= 11 is 0. The summed E-state index contributed by atoms with van der Waals surface area (Å²) in [6.45, 7) is 2.59. The maximum absolute atomic E-state index is 12.8. The van der Waals surface area contributed by atoms with Crippen LogP contribution in [0, 0.1) is 11.6 Å². The smallest absolute Gasteiger partial charge is 0.220 e. The van der Waals surface area contributed by atoms with Crippen molar-refractivity contribution >= 4 is 5.91 Å². The van der Waals surface area contributed by atoms with Gasteiger partial charge in [0.25, 0.3) is 0 Å². The fourth-order valence-corrected chi connectivity index (χ4v) is 1.35. The van der Waals surface area contributed by atoms with Gasteiger partial charge in [-0.1, -0.05) is 13.3 Å². The molecule has 0 fully saturated rings. The fraction of sp³-hybridized carbons (Fsp3) is 0.462. The predicted molar refractivity (Wildman–Crippen MR) is 64.4 cm³/mol. The molecule has 0 aromatic heterocycles. The maximum Gasteiger partial charge on any atom is 0.220 e. The van der Waals surface area contributed by atoms with E-state index in [0.29, 0.717) is 13.0 Å². The van der Waals surface area contributed by atoms with Crippen LogP contribution >= 0.6 is 0 Å². The predicted octanol–water partition coefficient (Wildman–Crippen LogP) is 2.65. The lowest BCUT2D eigenvalue weighted by molar-refractivity contribution is -0.121. The Morgan fingerprint density at radius 3 is 2.78 bits per heavy atom. The van der Waals surface area contributed by atoms with E-state index in [4.69, 9.17) is 4.74 Å². The monoisotopic (exact) mass is 257 g/mol. The normalized spacial score (nSPS) is 10.2. The van der Waals surface area contributed by atoms with Gasteiger partial charge in [-0.3, -0.25) is 4.79 Å². The Bertz CT molecular complexity index is 397. The number of carbonyl (C=O) groups excluding carboxylic acids is 1. The Balaban J connectivity index is 2.21. The van der Waals surface area contributed by atoms with Crippen LogP contribution in [0.25, 0.3) is 0 Å². The highest BCUT2D eigenvalue weighted by atomic mass is 19.2. The molecule has 5 heteroatoms. The lowest BCUT2D eigenvalue weighted by Gasteiger charge is -2.07. The Kier molecular flexibility index (Phi) is 6.11. The molecule has 0 spiro atoms. The van der Waals surface area contributed by atoms with Crippen molar-refractivity contribution in [1.29, 1.82) is 0 Å². The third-order valence-electron chi connectivity index (χ3n) is 2.34. The lowest BCUT2D eigenvalue weighted by Crippen LogP contribution is -2.27. The maximum atomic E-state index is 12.8. The fourth-order valence-electron chi connectivity index (χ4n) is 1.35. The number of hydrogen-bond acceptors (Lipinski definition) is 2. The number of rotatable bonds is 7. The van der Waals surface area contributed by atoms with Crippen molar-refractivity contribution in [3.05, 3.63) is 29.8 Å². The second kappa shape index (κ2) is 7.63. The van der Waals surface area contributed by atoms with Gasteiger partial charge in [-0.15, -0.1) is 0 Å². The lowest BCUT2D eigenvalue weighted by atomic mass is 10.2. The molecule has 0 heterocycles. The van der Waals surface area contributed by atoms with E-state index >= 15 is 0 Å². The molecule has 3 nitrogen and oxygen atoms in total. The van der Waals surface area contributed by atoms with Crippen molar-refractivity contribution < 1.29 is 18.3 Å². The molecule has 1 rings (SSSR count). The average molecular weight is 257 g/mol. The van der Waals surface area contributed by atoms with E-state index in [1.165, 1.54) is 6.07 Å².